The fraction of sp³-hybridized carbons (Fsp3) is 0.273. The van der Waals surface area contributed by atoms with Crippen LogP contribution in [0.25, 0.3) is 0 Å². The summed E-state index contributed by atoms with van der Waals surface area (Å²) in [6.07, 6.45) is 0.551. The number of nitrogens with one attached hydrogen (secondary N) is 1. The fourth-order valence-electron chi connectivity index (χ4n) is 1.50. The summed E-state index contributed by atoms with van der Waals surface area (Å²) in [7, 11) is -3.64. The van der Waals surface area contributed by atoms with E-state index in [2.05, 4.69) is 10.3 Å². The minimum atomic E-state index is -3.64. The number of sulfonamides is 1. The van der Waals surface area contributed by atoms with E-state index in [9.17, 15) is 13.2 Å². The molecule has 0 atom stereocenters. The maximum absolute atomic E-state index is 11.7. The highest BCUT2D eigenvalue weighted by atomic mass is 32.2. The number of aromatic nitrogens is 1. The van der Waals surface area contributed by atoms with E-state index in [1.165, 1.54) is 17.4 Å². The number of carbonyl (C=O) groups is 1. The Morgan fingerprint density at radius 1 is 1.45 bits per heavy atom. The predicted molar refractivity (Wildman–Crippen MR) is 78.6 cm³/mol. The zero-order valence-electron chi connectivity index (χ0n) is 10.6. The van der Waals surface area contributed by atoms with E-state index in [0.717, 1.165) is 21.2 Å². The summed E-state index contributed by atoms with van der Waals surface area (Å²) >= 11 is 2.53. The number of rotatable bonds is 5. The molecule has 6 nitrogen and oxygen atoms in total. The van der Waals surface area contributed by atoms with Crippen molar-refractivity contribution in [2.45, 2.75) is 17.6 Å². The Hall–Kier alpha value is -1.29. The number of nitrogens with zero attached hydrogens (tertiary/aromatic N) is 1. The lowest BCUT2D eigenvalue weighted by molar-refractivity contribution is 0.0950. The van der Waals surface area contributed by atoms with Crippen LogP contribution in [-0.4, -0.2) is 25.9 Å². The van der Waals surface area contributed by atoms with Gasteiger partial charge in [-0.3, -0.25) is 4.79 Å². The first-order valence-corrected chi connectivity index (χ1v) is 8.92. The van der Waals surface area contributed by atoms with Crippen molar-refractivity contribution >= 4 is 38.6 Å². The van der Waals surface area contributed by atoms with Crippen LogP contribution in [0.3, 0.4) is 0 Å². The molecule has 0 saturated heterocycles. The number of thiazole rings is 1. The zero-order chi connectivity index (χ0) is 14.8. The number of primary sulfonamides is 1. The number of nitrogens with two attached hydrogens (primary N) is 1. The van der Waals surface area contributed by atoms with Gasteiger partial charge in [0.15, 0.2) is 0 Å². The molecule has 3 N–H and O–H groups in total. The van der Waals surface area contributed by atoms with Gasteiger partial charge >= 0.3 is 0 Å². The average Bonchev–Trinajstić information content (AvgIpc) is 2.97. The molecular weight excluding hydrogens is 318 g/mol. The van der Waals surface area contributed by atoms with Crippen LogP contribution in [-0.2, 0) is 16.4 Å². The summed E-state index contributed by atoms with van der Waals surface area (Å²) < 4.78 is 22.4. The molecule has 1 amide bonds. The van der Waals surface area contributed by atoms with Crippen molar-refractivity contribution in [3.63, 3.8) is 0 Å². The Labute approximate surface area is 124 Å². The van der Waals surface area contributed by atoms with Crippen molar-refractivity contribution < 1.29 is 13.2 Å². The van der Waals surface area contributed by atoms with Gasteiger partial charge in [-0.15, -0.1) is 22.7 Å². The molecule has 108 valence electrons. The number of amides is 1. The van der Waals surface area contributed by atoms with Gasteiger partial charge in [-0.2, -0.15) is 0 Å². The van der Waals surface area contributed by atoms with Crippen LogP contribution in [0.5, 0.6) is 0 Å². The summed E-state index contributed by atoms with van der Waals surface area (Å²) in [5.74, 6) is -0.224. The van der Waals surface area contributed by atoms with E-state index in [1.807, 2.05) is 6.92 Å². The van der Waals surface area contributed by atoms with Gasteiger partial charge in [-0.05, 0) is 25.5 Å². The van der Waals surface area contributed by atoms with Gasteiger partial charge in [0.25, 0.3) is 5.91 Å². The topological polar surface area (TPSA) is 102 Å². The zero-order valence-corrected chi connectivity index (χ0v) is 13.1. The molecule has 0 unspecified atom stereocenters. The molecule has 0 aliphatic rings. The van der Waals surface area contributed by atoms with E-state index >= 15 is 0 Å². The van der Waals surface area contributed by atoms with E-state index < -0.39 is 10.0 Å². The van der Waals surface area contributed by atoms with Crippen molar-refractivity contribution in [1.29, 1.82) is 0 Å². The molecule has 2 rings (SSSR count). The lowest BCUT2D eigenvalue weighted by atomic mass is 10.3. The Morgan fingerprint density at radius 2 is 2.20 bits per heavy atom. The lowest BCUT2D eigenvalue weighted by Crippen LogP contribution is -2.25. The first-order valence-electron chi connectivity index (χ1n) is 5.68. The Morgan fingerprint density at radius 3 is 2.75 bits per heavy atom. The third-order valence-corrected chi connectivity index (χ3v) is 5.78. The van der Waals surface area contributed by atoms with Crippen LogP contribution in [0, 0.1) is 6.92 Å². The van der Waals surface area contributed by atoms with E-state index in [0.29, 0.717) is 18.7 Å². The van der Waals surface area contributed by atoms with Crippen LogP contribution < -0.4 is 10.5 Å². The molecule has 2 aromatic rings. The monoisotopic (exact) mass is 331 g/mol. The summed E-state index contributed by atoms with van der Waals surface area (Å²) in [6, 6.07) is 3.17. The summed E-state index contributed by atoms with van der Waals surface area (Å²) in [6.45, 7) is 2.25. The Kier molecular flexibility index (Phi) is 4.53. The number of aryl methyl sites for hydroxylation is 1. The predicted octanol–water partition coefficient (Wildman–Crippen LogP) is 1.13. The molecule has 0 fully saturated rings. The standard InChI is InChI=1S/C11H13N3O3S3/c1-7-14-9(6-18-7)11(15)13-5-4-8-2-3-10(19-8)20(12,16)17/h2-3,6H,4-5H2,1H3,(H,13,15)(H2,12,16,17). The smallest absolute Gasteiger partial charge is 0.270 e. The van der Waals surface area contributed by atoms with Gasteiger partial charge in [0.1, 0.15) is 9.90 Å². The van der Waals surface area contributed by atoms with Gasteiger partial charge in [-0.1, -0.05) is 0 Å². The van der Waals surface area contributed by atoms with Gasteiger partial charge in [0.05, 0.1) is 5.01 Å². The number of hydrogen-bond donors (Lipinski definition) is 2. The molecule has 0 spiro atoms. The second-order valence-corrected chi connectivity index (χ2v) is 8.04. The SMILES string of the molecule is Cc1nc(C(=O)NCCc2ccc(S(N)(=O)=O)s2)cs1. The highest BCUT2D eigenvalue weighted by molar-refractivity contribution is 7.91. The maximum atomic E-state index is 11.7. The molecule has 2 aromatic heterocycles. The van der Waals surface area contributed by atoms with Crippen molar-refractivity contribution in [2.75, 3.05) is 6.54 Å². The molecule has 0 radical (unpaired) electrons. The van der Waals surface area contributed by atoms with Crippen LogP contribution in [0.1, 0.15) is 20.4 Å². The van der Waals surface area contributed by atoms with Crippen LogP contribution in [0.2, 0.25) is 0 Å². The van der Waals surface area contributed by atoms with Gasteiger partial charge in [0.2, 0.25) is 10.0 Å². The molecule has 9 heteroatoms. The van der Waals surface area contributed by atoms with E-state index in [4.69, 9.17) is 5.14 Å². The quantitative estimate of drug-likeness (QED) is 0.857. The minimum Gasteiger partial charge on any atom is -0.350 e. The number of hydrogen-bond acceptors (Lipinski definition) is 6. The Balaban J connectivity index is 1.87. The molecule has 0 aromatic carbocycles. The van der Waals surface area contributed by atoms with Crippen molar-refractivity contribution in [2.24, 2.45) is 5.14 Å². The number of thiophene rings is 1. The first kappa shape index (κ1) is 15.1. The maximum Gasteiger partial charge on any atom is 0.270 e. The fourth-order valence-corrected chi connectivity index (χ4v) is 3.87. The normalized spacial score (nSPS) is 11.5. The molecule has 2 heterocycles. The molecular formula is C11H13N3O3S3. The van der Waals surface area contributed by atoms with Crippen LogP contribution in [0.15, 0.2) is 21.7 Å². The molecule has 0 bridgehead atoms. The minimum absolute atomic E-state index is 0.133. The van der Waals surface area contributed by atoms with E-state index in [-0.39, 0.29) is 10.1 Å². The van der Waals surface area contributed by atoms with Crippen LogP contribution in [0.4, 0.5) is 0 Å². The number of carbonyl (C=O) groups excluding carboxylic acids is 1. The largest absolute Gasteiger partial charge is 0.350 e. The van der Waals surface area contributed by atoms with Gasteiger partial charge < -0.3 is 5.32 Å². The van der Waals surface area contributed by atoms with Crippen molar-refractivity contribution in [3.05, 3.63) is 33.1 Å². The first-order chi connectivity index (χ1) is 9.36. The van der Waals surface area contributed by atoms with Crippen molar-refractivity contribution in [1.82, 2.24) is 10.3 Å². The highest BCUT2D eigenvalue weighted by Gasteiger charge is 2.12. The average molecular weight is 331 g/mol. The van der Waals surface area contributed by atoms with Gasteiger partial charge in [0, 0.05) is 16.8 Å². The third kappa shape index (κ3) is 3.85. The second kappa shape index (κ2) is 6.00. The third-order valence-electron chi connectivity index (χ3n) is 2.43. The van der Waals surface area contributed by atoms with Crippen molar-refractivity contribution in [3.8, 4) is 0 Å². The lowest BCUT2D eigenvalue weighted by Gasteiger charge is -2.01. The highest BCUT2D eigenvalue weighted by Crippen LogP contribution is 2.20. The second-order valence-electron chi connectivity index (χ2n) is 4.02. The van der Waals surface area contributed by atoms with Crippen LogP contribution >= 0.6 is 22.7 Å². The Bertz CT molecular complexity index is 718. The molecule has 0 saturated carbocycles. The van der Waals surface area contributed by atoms with E-state index in [1.54, 1.807) is 11.4 Å². The summed E-state index contributed by atoms with van der Waals surface area (Å²) in [4.78, 5) is 16.7. The molecule has 0 aliphatic heterocycles. The summed E-state index contributed by atoms with van der Waals surface area (Å²) in [5.41, 5.74) is 0.406. The molecule has 20 heavy (non-hydrogen) atoms. The molecule has 0 aliphatic carbocycles. The summed E-state index contributed by atoms with van der Waals surface area (Å²) in [5, 5.41) is 10.3. The van der Waals surface area contributed by atoms with Gasteiger partial charge in [-0.25, -0.2) is 18.5 Å².